The highest BCUT2D eigenvalue weighted by Gasteiger charge is 2.30. The number of nitrogens with one attached hydrogen (secondary N) is 2. The molecule has 4 nitrogen and oxygen atoms in total. The van der Waals surface area contributed by atoms with E-state index in [1.165, 1.54) is 0 Å². The first-order chi connectivity index (χ1) is 9.19. The predicted octanol–water partition coefficient (Wildman–Crippen LogP) is 2.09. The number of para-hydroxylation sites is 1. The maximum atomic E-state index is 12.0. The van der Waals surface area contributed by atoms with Gasteiger partial charge in [-0.2, -0.15) is 0 Å². The summed E-state index contributed by atoms with van der Waals surface area (Å²) in [6.07, 6.45) is 0.634. The summed E-state index contributed by atoms with van der Waals surface area (Å²) >= 11 is 0. The molecule has 4 heteroatoms. The molecular weight excluding hydrogens is 240 g/mol. The van der Waals surface area contributed by atoms with Gasteiger partial charge in [0.1, 0.15) is 0 Å². The summed E-state index contributed by atoms with van der Waals surface area (Å²) < 4.78 is 0. The average molecular weight is 256 g/mol. The number of rotatable bonds is 3. The Kier molecular flexibility index (Phi) is 2.87. The van der Waals surface area contributed by atoms with Gasteiger partial charge in [-0.15, -0.1) is 0 Å². The molecule has 0 bridgehead atoms. The number of fused-ring (bicyclic) bond motifs is 1. The molecule has 0 aliphatic carbocycles. The second kappa shape index (κ2) is 4.55. The second-order valence-corrected chi connectivity index (χ2v) is 4.95. The highest BCUT2D eigenvalue weighted by atomic mass is 16.3. The van der Waals surface area contributed by atoms with Gasteiger partial charge in [0.15, 0.2) is 0 Å². The van der Waals surface area contributed by atoms with E-state index in [2.05, 4.69) is 10.3 Å². The summed E-state index contributed by atoms with van der Waals surface area (Å²) in [7, 11) is 0. The van der Waals surface area contributed by atoms with Crippen LogP contribution in [-0.2, 0) is 17.8 Å². The standard InChI is InChI=1S/C15H16N2O2/c1-9-6-10(8-18)16-14(9)7-12-11-4-2-3-5-13(11)17-15(12)19/h2-6,12,16,18H,7-8H2,1H3,(H,17,19). The highest BCUT2D eigenvalue weighted by Crippen LogP contribution is 2.34. The molecular formula is C15H16N2O2. The number of hydrogen-bond donors (Lipinski definition) is 3. The van der Waals surface area contributed by atoms with Crippen molar-refractivity contribution in [2.24, 2.45) is 0 Å². The molecule has 0 saturated carbocycles. The van der Waals surface area contributed by atoms with Gasteiger partial charge in [-0.1, -0.05) is 18.2 Å². The Morgan fingerprint density at radius 3 is 2.84 bits per heavy atom. The van der Waals surface area contributed by atoms with E-state index in [0.717, 1.165) is 28.2 Å². The number of benzene rings is 1. The molecule has 3 rings (SSSR count). The molecule has 1 aromatic carbocycles. The molecule has 0 saturated heterocycles. The van der Waals surface area contributed by atoms with E-state index in [0.29, 0.717) is 6.42 Å². The monoisotopic (exact) mass is 256 g/mol. The molecule has 2 aromatic rings. The number of carbonyl (C=O) groups is 1. The fourth-order valence-electron chi connectivity index (χ4n) is 2.66. The number of aromatic amines is 1. The van der Waals surface area contributed by atoms with Crippen LogP contribution in [0.15, 0.2) is 30.3 Å². The Hall–Kier alpha value is -2.07. The number of anilines is 1. The minimum absolute atomic E-state index is 0.00566. The third-order valence-corrected chi connectivity index (χ3v) is 3.67. The molecule has 1 atom stereocenters. The molecule has 1 amide bonds. The van der Waals surface area contributed by atoms with Crippen molar-refractivity contribution in [3.05, 3.63) is 52.8 Å². The molecule has 98 valence electrons. The van der Waals surface area contributed by atoms with E-state index in [-0.39, 0.29) is 18.4 Å². The van der Waals surface area contributed by atoms with Gasteiger partial charge in [0.05, 0.1) is 12.5 Å². The number of aliphatic hydroxyl groups is 1. The van der Waals surface area contributed by atoms with Crippen molar-refractivity contribution in [3.8, 4) is 0 Å². The average Bonchev–Trinajstić information content (AvgIpc) is 2.92. The highest BCUT2D eigenvalue weighted by molar-refractivity contribution is 6.02. The largest absolute Gasteiger partial charge is 0.390 e. The molecule has 2 heterocycles. The summed E-state index contributed by atoms with van der Waals surface area (Å²) in [6, 6.07) is 9.71. The third kappa shape index (κ3) is 2.04. The van der Waals surface area contributed by atoms with Crippen LogP contribution in [0.5, 0.6) is 0 Å². The summed E-state index contributed by atoms with van der Waals surface area (Å²) in [5, 5.41) is 12.0. The number of aryl methyl sites for hydroxylation is 1. The number of amides is 1. The Labute approximate surface area is 111 Å². The van der Waals surface area contributed by atoms with E-state index in [9.17, 15) is 4.79 Å². The zero-order valence-electron chi connectivity index (χ0n) is 10.7. The minimum atomic E-state index is -0.153. The van der Waals surface area contributed by atoms with Crippen LogP contribution in [0.25, 0.3) is 0 Å². The van der Waals surface area contributed by atoms with Crippen LogP contribution in [-0.4, -0.2) is 16.0 Å². The lowest BCUT2D eigenvalue weighted by atomic mass is 9.95. The SMILES string of the molecule is Cc1cc(CO)[nH]c1CC1C(=O)Nc2ccccc21. The fraction of sp³-hybridized carbons (Fsp3) is 0.267. The number of aliphatic hydroxyl groups excluding tert-OH is 1. The van der Waals surface area contributed by atoms with Crippen LogP contribution in [0.4, 0.5) is 5.69 Å². The number of H-pyrrole nitrogens is 1. The van der Waals surface area contributed by atoms with Crippen molar-refractivity contribution >= 4 is 11.6 Å². The van der Waals surface area contributed by atoms with Crippen molar-refractivity contribution in [3.63, 3.8) is 0 Å². The van der Waals surface area contributed by atoms with Crippen LogP contribution >= 0.6 is 0 Å². The van der Waals surface area contributed by atoms with E-state index in [1.807, 2.05) is 37.3 Å². The number of hydrogen-bond acceptors (Lipinski definition) is 2. The van der Waals surface area contributed by atoms with Crippen LogP contribution < -0.4 is 5.32 Å². The van der Waals surface area contributed by atoms with Gasteiger partial charge in [-0.25, -0.2) is 0 Å². The smallest absolute Gasteiger partial charge is 0.232 e. The zero-order chi connectivity index (χ0) is 13.4. The molecule has 0 radical (unpaired) electrons. The summed E-state index contributed by atoms with van der Waals surface area (Å²) in [6.45, 7) is 1.98. The van der Waals surface area contributed by atoms with Gasteiger partial charge in [-0.05, 0) is 30.2 Å². The lowest BCUT2D eigenvalue weighted by Gasteiger charge is -2.08. The number of aromatic nitrogens is 1. The van der Waals surface area contributed by atoms with Crippen molar-refractivity contribution in [1.29, 1.82) is 0 Å². The molecule has 19 heavy (non-hydrogen) atoms. The molecule has 3 N–H and O–H groups in total. The Bertz CT molecular complexity index is 631. The number of carbonyl (C=O) groups excluding carboxylic acids is 1. The van der Waals surface area contributed by atoms with Gasteiger partial charge < -0.3 is 15.4 Å². The van der Waals surface area contributed by atoms with Crippen molar-refractivity contribution in [2.45, 2.75) is 25.9 Å². The van der Waals surface area contributed by atoms with E-state index >= 15 is 0 Å². The van der Waals surface area contributed by atoms with Crippen molar-refractivity contribution in [1.82, 2.24) is 4.98 Å². The van der Waals surface area contributed by atoms with Gasteiger partial charge in [0.2, 0.25) is 5.91 Å². The quantitative estimate of drug-likeness (QED) is 0.787. The predicted molar refractivity (Wildman–Crippen MR) is 73.0 cm³/mol. The topological polar surface area (TPSA) is 65.1 Å². The Morgan fingerprint density at radius 2 is 2.11 bits per heavy atom. The lowest BCUT2D eigenvalue weighted by molar-refractivity contribution is -0.117. The fourth-order valence-corrected chi connectivity index (χ4v) is 2.66. The third-order valence-electron chi connectivity index (χ3n) is 3.67. The zero-order valence-corrected chi connectivity index (χ0v) is 10.7. The molecule has 1 aliphatic rings. The van der Waals surface area contributed by atoms with Crippen LogP contribution in [0.2, 0.25) is 0 Å². The summed E-state index contributed by atoms with van der Waals surface area (Å²) in [5.41, 5.74) is 4.84. The lowest BCUT2D eigenvalue weighted by Crippen LogP contribution is -2.14. The first kappa shape index (κ1) is 12.0. The van der Waals surface area contributed by atoms with Gasteiger partial charge in [0.25, 0.3) is 0 Å². The van der Waals surface area contributed by atoms with E-state index in [1.54, 1.807) is 0 Å². The van der Waals surface area contributed by atoms with Crippen molar-refractivity contribution < 1.29 is 9.90 Å². The Balaban J connectivity index is 1.91. The summed E-state index contributed by atoms with van der Waals surface area (Å²) in [4.78, 5) is 15.2. The van der Waals surface area contributed by atoms with E-state index in [4.69, 9.17) is 5.11 Å². The summed E-state index contributed by atoms with van der Waals surface area (Å²) in [5.74, 6) is -0.110. The van der Waals surface area contributed by atoms with Gasteiger partial charge >= 0.3 is 0 Å². The molecule has 1 unspecified atom stereocenters. The molecule has 0 spiro atoms. The maximum Gasteiger partial charge on any atom is 0.232 e. The van der Waals surface area contributed by atoms with Crippen molar-refractivity contribution in [2.75, 3.05) is 5.32 Å². The first-order valence-corrected chi connectivity index (χ1v) is 6.37. The van der Waals surface area contributed by atoms with Crippen LogP contribution in [0.1, 0.15) is 28.4 Å². The maximum absolute atomic E-state index is 12.0. The van der Waals surface area contributed by atoms with Gasteiger partial charge in [0, 0.05) is 23.5 Å². The normalized spacial score (nSPS) is 17.4. The molecule has 0 fully saturated rings. The first-order valence-electron chi connectivity index (χ1n) is 6.37. The Morgan fingerprint density at radius 1 is 1.32 bits per heavy atom. The van der Waals surface area contributed by atoms with Crippen LogP contribution in [0, 0.1) is 6.92 Å². The minimum Gasteiger partial charge on any atom is -0.390 e. The molecule has 1 aliphatic heterocycles. The van der Waals surface area contributed by atoms with Gasteiger partial charge in [-0.3, -0.25) is 4.79 Å². The van der Waals surface area contributed by atoms with E-state index < -0.39 is 0 Å². The van der Waals surface area contributed by atoms with Crippen LogP contribution in [0.3, 0.4) is 0 Å². The molecule has 1 aromatic heterocycles. The second-order valence-electron chi connectivity index (χ2n) is 4.95.